The summed E-state index contributed by atoms with van der Waals surface area (Å²) in [5, 5.41) is 0. The fourth-order valence-corrected chi connectivity index (χ4v) is 1.98. The molecule has 0 radical (unpaired) electrons. The Hall–Kier alpha value is -0.460. The van der Waals surface area contributed by atoms with E-state index in [4.69, 9.17) is 23.2 Å². The van der Waals surface area contributed by atoms with E-state index in [0.717, 1.165) is 24.3 Å². The van der Waals surface area contributed by atoms with Crippen molar-refractivity contribution >= 4 is 33.0 Å². The maximum atomic E-state index is 12.1. The quantitative estimate of drug-likeness (QED) is 0.783. The van der Waals surface area contributed by atoms with E-state index < -0.39 is 25.1 Å². The first kappa shape index (κ1) is 13.6. The highest BCUT2D eigenvalue weighted by Gasteiger charge is 2.46. The number of alkyl halides is 5. The van der Waals surface area contributed by atoms with Crippen molar-refractivity contribution in [1.82, 2.24) is 0 Å². The molecule has 1 rings (SSSR count). The lowest BCUT2D eigenvalue weighted by Crippen LogP contribution is -2.23. The lowest BCUT2D eigenvalue weighted by Gasteiger charge is -2.08. The molecular formula is C8H5Cl2F3O2S. The first-order valence-electron chi connectivity index (χ1n) is 3.86. The number of halogens is 5. The smallest absolute Gasteiger partial charge is 0.214 e. The van der Waals surface area contributed by atoms with E-state index in [0.29, 0.717) is 5.56 Å². The van der Waals surface area contributed by atoms with Gasteiger partial charge < -0.3 is 0 Å². The van der Waals surface area contributed by atoms with Crippen molar-refractivity contribution < 1.29 is 21.6 Å². The van der Waals surface area contributed by atoms with Crippen LogP contribution in [0, 0.1) is 0 Å². The minimum atomic E-state index is -5.31. The molecule has 0 saturated heterocycles. The summed E-state index contributed by atoms with van der Waals surface area (Å²) in [5.41, 5.74) is -4.99. The van der Waals surface area contributed by atoms with Crippen molar-refractivity contribution in [2.75, 3.05) is 0 Å². The molecule has 0 aliphatic carbocycles. The zero-order valence-electron chi connectivity index (χ0n) is 7.50. The molecule has 0 heterocycles. The van der Waals surface area contributed by atoms with Gasteiger partial charge >= 0.3 is 5.51 Å². The summed E-state index contributed by atoms with van der Waals surface area (Å²) in [6.45, 7) is 0. The van der Waals surface area contributed by atoms with Crippen molar-refractivity contribution in [3.05, 3.63) is 29.8 Å². The van der Waals surface area contributed by atoms with E-state index >= 15 is 0 Å². The average Bonchev–Trinajstić information content (AvgIpc) is 2.16. The molecule has 0 aliphatic heterocycles. The fourth-order valence-electron chi connectivity index (χ4n) is 0.926. The lowest BCUT2D eigenvalue weighted by atomic mass is 10.2. The van der Waals surface area contributed by atoms with Crippen molar-refractivity contribution in [3.63, 3.8) is 0 Å². The van der Waals surface area contributed by atoms with E-state index in [2.05, 4.69) is 0 Å². The molecule has 0 atom stereocenters. The highest BCUT2D eigenvalue weighted by atomic mass is 35.5. The van der Waals surface area contributed by atoms with Gasteiger partial charge in [0.15, 0.2) is 0 Å². The second-order valence-corrected chi connectivity index (χ2v) is 5.86. The summed E-state index contributed by atoms with van der Waals surface area (Å²) in [6.07, 6.45) is 0. The van der Waals surface area contributed by atoms with Crippen LogP contribution in [0.25, 0.3) is 0 Å². The number of hydrogen-bond donors (Lipinski definition) is 0. The second kappa shape index (κ2) is 4.43. The van der Waals surface area contributed by atoms with Gasteiger partial charge in [0.05, 0.1) is 4.90 Å². The zero-order chi connectivity index (χ0) is 12.6. The molecule has 0 N–H and O–H groups in total. The SMILES string of the molecule is O=S(=O)(c1ccc(C(Cl)Cl)cc1)C(F)(F)F. The molecule has 0 fully saturated rings. The summed E-state index contributed by atoms with van der Waals surface area (Å²) in [4.78, 5) is -1.75. The Labute approximate surface area is 99.9 Å². The Morgan fingerprint density at radius 3 is 1.81 bits per heavy atom. The second-order valence-electron chi connectivity index (χ2n) is 2.82. The Kier molecular flexibility index (Phi) is 3.76. The van der Waals surface area contributed by atoms with Crippen LogP contribution in [0.2, 0.25) is 0 Å². The Balaban J connectivity index is 3.18. The maximum Gasteiger partial charge on any atom is 0.501 e. The van der Waals surface area contributed by atoms with E-state index in [1.54, 1.807) is 0 Å². The molecule has 0 amide bonds. The molecular weight excluding hydrogens is 288 g/mol. The third kappa shape index (κ3) is 2.61. The van der Waals surface area contributed by atoms with Gasteiger partial charge in [-0.25, -0.2) is 8.42 Å². The van der Waals surface area contributed by atoms with Gasteiger partial charge in [-0.2, -0.15) is 13.2 Å². The molecule has 0 aromatic heterocycles. The zero-order valence-corrected chi connectivity index (χ0v) is 9.83. The molecule has 0 bridgehead atoms. The molecule has 0 saturated carbocycles. The van der Waals surface area contributed by atoms with Crippen LogP contribution in [0.4, 0.5) is 13.2 Å². The van der Waals surface area contributed by atoms with Crippen molar-refractivity contribution in [2.45, 2.75) is 15.2 Å². The lowest BCUT2D eigenvalue weighted by molar-refractivity contribution is -0.0436. The van der Waals surface area contributed by atoms with Gasteiger partial charge in [-0.1, -0.05) is 12.1 Å². The van der Waals surface area contributed by atoms with Gasteiger partial charge in [-0.05, 0) is 17.7 Å². The number of sulfone groups is 1. The standard InChI is InChI=1S/C8H5Cl2F3O2S/c9-7(10)5-1-3-6(4-2-5)16(14,15)8(11,12)13/h1-4,7H. The minimum absolute atomic E-state index is 0.324. The topological polar surface area (TPSA) is 34.1 Å². The van der Waals surface area contributed by atoms with Crippen LogP contribution < -0.4 is 0 Å². The summed E-state index contributed by atoms with van der Waals surface area (Å²) < 4.78 is 58.3. The molecule has 1 aromatic carbocycles. The van der Waals surface area contributed by atoms with Gasteiger partial charge in [0, 0.05) is 0 Å². The highest BCUT2D eigenvalue weighted by molar-refractivity contribution is 7.92. The molecule has 8 heteroatoms. The summed E-state index contributed by atoms with van der Waals surface area (Å²) >= 11 is 10.9. The largest absolute Gasteiger partial charge is 0.501 e. The predicted molar refractivity (Wildman–Crippen MR) is 54.1 cm³/mol. The summed E-state index contributed by atoms with van der Waals surface area (Å²) in [7, 11) is -5.31. The van der Waals surface area contributed by atoms with Crippen molar-refractivity contribution in [1.29, 1.82) is 0 Å². The van der Waals surface area contributed by atoms with Gasteiger partial charge in [-0.3, -0.25) is 0 Å². The Bertz CT molecular complexity index is 465. The summed E-state index contributed by atoms with van der Waals surface area (Å²) in [5.74, 6) is 0. The van der Waals surface area contributed by atoms with Crippen LogP contribution in [0.15, 0.2) is 29.2 Å². The van der Waals surface area contributed by atoms with Crippen molar-refractivity contribution in [2.24, 2.45) is 0 Å². The van der Waals surface area contributed by atoms with Crippen LogP contribution in [-0.2, 0) is 9.84 Å². The predicted octanol–water partition coefficient (Wildman–Crippen LogP) is 3.46. The Morgan fingerprint density at radius 2 is 1.50 bits per heavy atom. The highest BCUT2D eigenvalue weighted by Crippen LogP contribution is 2.32. The summed E-state index contributed by atoms with van der Waals surface area (Å²) in [6, 6.07) is 3.89. The van der Waals surface area contributed by atoms with Crippen LogP contribution in [0.1, 0.15) is 10.4 Å². The molecule has 16 heavy (non-hydrogen) atoms. The van der Waals surface area contributed by atoms with Crippen LogP contribution >= 0.6 is 23.2 Å². The van der Waals surface area contributed by atoms with E-state index in [9.17, 15) is 21.6 Å². The minimum Gasteiger partial charge on any atom is -0.214 e. The number of benzene rings is 1. The normalized spacial score (nSPS) is 13.1. The van der Waals surface area contributed by atoms with Crippen LogP contribution in [0.5, 0.6) is 0 Å². The van der Waals surface area contributed by atoms with E-state index in [1.165, 1.54) is 0 Å². The number of rotatable bonds is 2. The Morgan fingerprint density at radius 1 is 1.06 bits per heavy atom. The van der Waals surface area contributed by atoms with Crippen molar-refractivity contribution in [3.8, 4) is 0 Å². The van der Waals surface area contributed by atoms with E-state index in [1.807, 2.05) is 0 Å². The van der Waals surface area contributed by atoms with E-state index in [-0.39, 0.29) is 0 Å². The first-order chi connectivity index (χ1) is 7.16. The maximum absolute atomic E-state index is 12.1. The molecule has 90 valence electrons. The third-order valence-corrected chi connectivity index (χ3v) is 3.75. The van der Waals surface area contributed by atoms with Gasteiger partial charge in [0.1, 0.15) is 4.84 Å². The number of hydrogen-bond acceptors (Lipinski definition) is 2. The molecule has 0 aliphatic rings. The van der Waals surface area contributed by atoms with Crippen LogP contribution in [-0.4, -0.2) is 13.9 Å². The molecule has 1 aromatic rings. The average molecular weight is 293 g/mol. The third-order valence-electron chi connectivity index (χ3n) is 1.75. The van der Waals surface area contributed by atoms with Gasteiger partial charge in [0.2, 0.25) is 0 Å². The molecule has 2 nitrogen and oxygen atoms in total. The molecule has 0 unspecified atom stereocenters. The van der Waals surface area contributed by atoms with Gasteiger partial charge in [-0.15, -0.1) is 23.2 Å². The molecule has 0 spiro atoms. The van der Waals surface area contributed by atoms with Crippen LogP contribution in [0.3, 0.4) is 0 Å². The monoisotopic (exact) mass is 292 g/mol. The van der Waals surface area contributed by atoms with Gasteiger partial charge in [0.25, 0.3) is 9.84 Å². The fraction of sp³-hybridized carbons (Fsp3) is 0.250. The first-order valence-corrected chi connectivity index (χ1v) is 6.21.